The molecule has 0 saturated carbocycles. The minimum Gasteiger partial charge on any atom is -0.481 e. The van der Waals surface area contributed by atoms with Gasteiger partial charge in [-0.1, -0.05) is 23.2 Å². The topological polar surface area (TPSA) is 87.7 Å². The molecule has 3 N–H and O–H groups in total. The normalized spacial score (nSPS) is 11.7. The Hall–Kier alpha value is -3.15. The van der Waals surface area contributed by atoms with Crippen LogP contribution in [0.15, 0.2) is 53.4 Å². The number of carbonyl (C=O) groups is 2. The van der Waals surface area contributed by atoms with Gasteiger partial charge in [-0.25, -0.2) is 4.39 Å². The van der Waals surface area contributed by atoms with Crippen molar-refractivity contribution in [1.29, 1.82) is 0 Å². The maximum Gasteiger partial charge on any atom is 0.416 e. The number of alkyl halides is 3. The Morgan fingerprint density at radius 3 is 2.26 bits per heavy atom. The molecule has 0 aliphatic rings. The van der Waals surface area contributed by atoms with E-state index in [1.54, 1.807) is 20.8 Å². The number of aliphatic carboxylic acids is 1. The van der Waals surface area contributed by atoms with Crippen LogP contribution < -0.4 is 14.8 Å². The van der Waals surface area contributed by atoms with Gasteiger partial charge in [0.05, 0.1) is 27.7 Å². The van der Waals surface area contributed by atoms with Gasteiger partial charge >= 0.3 is 12.1 Å². The summed E-state index contributed by atoms with van der Waals surface area (Å²) in [5.74, 6) is -2.54. The van der Waals surface area contributed by atoms with Gasteiger partial charge in [0.15, 0.2) is 5.75 Å². The lowest BCUT2D eigenvalue weighted by Gasteiger charge is -2.21. The van der Waals surface area contributed by atoms with Crippen LogP contribution in [0.3, 0.4) is 0 Å². The van der Waals surface area contributed by atoms with Gasteiger partial charge in [0, 0.05) is 27.6 Å². The molecular weight excluding hydrogens is 583 g/mol. The van der Waals surface area contributed by atoms with Crippen molar-refractivity contribution in [1.82, 2.24) is 5.32 Å². The SMILES string of the molecule is CC(C)(C)NC(=O)c1ccc(Oc2cc(F)c(CC(=O)O)cc2Cl)c(NSc2ccc(C(F)(F)F)cc2Cl)c1. The molecule has 3 rings (SSSR count). The molecule has 0 unspecified atom stereocenters. The zero-order chi connectivity index (χ0) is 29.1. The first-order valence-corrected chi connectivity index (χ1v) is 12.7. The number of hydrogen-bond acceptors (Lipinski definition) is 5. The fraction of sp³-hybridized carbons (Fsp3) is 0.231. The zero-order valence-corrected chi connectivity index (χ0v) is 23.0. The average Bonchev–Trinajstić information content (AvgIpc) is 2.80. The van der Waals surface area contributed by atoms with E-state index in [4.69, 9.17) is 33.0 Å². The Bertz CT molecular complexity index is 1410. The van der Waals surface area contributed by atoms with E-state index in [0.29, 0.717) is 0 Å². The standard InChI is InChI=1S/C26H22Cl2F4N2O4S/c1-25(2,3)33-24(37)13-4-6-20(38-21-12-18(29)14(8-16(21)27)10-23(35)36)19(9-13)34-39-22-7-5-15(11-17(22)28)26(30,31)32/h4-9,11-12,34H,10H2,1-3H3,(H,33,37)(H,35,36). The number of carbonyl (C=O) groups excluding carboxylic acids is 1. The smallest absolute Gasteiger partial charge is 0.416 e. The van der Waals surface area contributed by atoms with E-state index in [-0.39, 0.29) is 43.3 Å². The molecule has 208 valence electrons. The van der Waals surface area contributed by atoms with Crippen molar-refractivity contribution < 1.29 is 37.0 Å². The first kappa shape index (κ1) is 30.4. The number of anilines is 1. The predicted molar refractivity (Wildman–Crippen MR) is 142 cm³/mol. The fourth-order valence-electron chi connectivity index (χ4n) is 3.19. The Balaban J connectivity index is 1.96. The van der Waals surface area contributed by atoms with Crippen molar-refractivity contribution >= 4 is 52.7 Å². The third-order valence-corrected chi connectivity index (χ3v) is 6.54. The van der Waals surface area contributed by atoms with Gasteiger partial charge in [-0.2, -0.15) is 13.2 Å². The van der Waals surface area contributed by atoms with Crippen molar-refractivity contribution in [2.45, 2.75) is 43.8 Å². The Kier molecular flexibility index (Phi) is 9.30. The van der Waals surface area contributed by atoms with E-state index < -0.39 is 41.4 Å². The number of nitrogens with one attached hydrogen (secondary N) is 2. The lowest BCUT2D eigenvalue weighted by Crippen LogP contribution is -2.40. The highest BCUT2D eigenvalue weighted by Gasteiger charge is 2.31. The van der Waals surface area contributed by atoms with Gasteiger partial charge in [-0.3, -0.25) is 9.59 Å². The molecule has 1 amide bonds. The molecule has 13 heteroatoms. The van der Waals surface area contributed by atoms with E-state index in [1.165, 1.54) is 24.3 Å². The van der Waals surface area contributed by atoms with Crippen LogP contribution in [0.2, 0.25) is 10.0 Å². The number of hydrogen-bond donors (Lipinski definition) is 3. The van der Waals surface area contributed by atoms with Crippen LogP contribution in [0.1, 0.15) is 42.3 Å². The summed E-state index contributed by atoms with van der Waals surface area (Å²) in [5, 5.41) is 11.5. The summed E-state index contributed by atoms with van der Waals surface area (Å²) in [4.78, 5) is 23.9. The summed E-state index contributed by atoms with van der Waals surface area (Å²) in [5.41, 5.74) is -1.16. The highest BCUT2D eigenvalue weighted by molar-refractivity contribution is 8.00. The summed E-state index contributed by atoms with van der Waals surface area (Å²) >= 11 is 13.1. The third-order valence-electron chi connectivity index (χ3n) is 4.92. The summed E-state index contributed by atoms with van der Waals surface area (Å²) < 4.78 is 62.2. The second-order valence-electron chi connectivity index (χ2n) is 9.31. The van der Waals surface area contributed by atoms with E-state index >= 15 is 0 Å². The second-order valence-corrected chi connectivity index (χ2v) is 11.0. The average molecular weight is 605 g/mol. The van der Waals surface area contributed by atoms with Crippen molar-refractivity contribution in [2.75, 3.05) is 4.72 Å². The number of benzene rings is 3. The molecule has 0 aliphatic heterocycles. The summed E-state index contributed by atoms with van der Waals surface area (Å²) in [6, 6.07) is 9.24. The van der Waals surface area contributed by atoms with Crippen LogP contribution in [0.5, 0.6) is 11.5 Å². The number of amides is 1. The molecule has 39 heavy (non-hydrogen) atoms. The molecule has 3 aromatic rings. The molecule has 0 saturated heterocycles. The fourth-order valence-corrected chi connectivity index (χ4v) is 4.38. The molecule has 0 spiro atoms. The second kappa shape index (κ2) is 11.9. The van der Waals surface area contributed by atoms with Gasteiger partial charge in [-0.05, 0) is 75.2 Å². The molecule has 0 aliphatic carbocycles. The zero-order valence-electron chi connectivity index (χ0n) is 20.7. The Morgan fingerprint density at radius 2 is 1.67 bits per heavy atom. The Labute approximate surface area is 235 Å². The van der Waals surface area contributed by atoms with E-state index in [1.807, 2.05) is 0 Å². The third kappa shape index (κ3) is 8.42. The lowest BCUT2D eigenvalue weighted by molar-refractivity contribution is -0.138. The van der Waals surface area contributed by atoms with Crippen LogP contribution in [0.4, 0.5) is 23.2 Å². The maximum atomic E-state index is 14.5. The van der Waals surface area contributed by atoms with Crippen molar-refractivity contribution in [2.24, 2.45) is 0 Å². The molecule has 0 fully saturated rings. The first-order chi connectivity index (χ1) is 18.0. The number of ether oxygens (including phenoxy) is 1. The van der Waals surface area contributed by atoms with Crippen LogP contribution in [-0.2, 0) is 17.4 Å². The highest BCUT2D eigenvalue weighted by Crippen LogP contribution is 2.40. The number of halogens is 6. The van der Waals surface area contributed by atoms with Crippen LogP contribution in [0.25, 0.3) is 0 Å². The minimum atomic E-state index is -4.56. The number of carboxylic acid groups (broad SMARTS) is 1. The number of rotatable bonds is 8. The molecule has 0 atom stereocenters. The van der Waals surface area contributed by atoms with Gasteiger partial charge in [-0.15, -0.1) is 0 Å². The summed E-state index contributed by atoms with van der Waals surface area (Å²) in [6.45, 7) is 5.40. The van der Waals surface area contributed by atoms with Crippen molar-refractivity contribution in [3.05, 3.63) is 81.1 Å². The van der Waals surface area contributed by atoms with Crippen molar-refractivity contribution in [3.63, 3.8) is 0 Å². The van der Waals surface area contributed by atoms with Gasteiger partial charge in [0.2, 0.25) is 0 Å². The molecule has 0 radical (unpaired) electrons. The number of carboxylic acids is 1. The van der Waals surface area contributed by atoms with Crippen molar-refractivity contribution in [3.8, 4) is 11.5 Å². The molecular formula is C26H22Cl2F4N2O4S. The summed E-state index contributed by atoms with van der Waals surface area (Å²) in [6.07, 6.45) is -5.15. The maximum absolute atomic E-state index is 14.5. The molecule has 6 nitrogen and oxygen atoms in total. The summed E-state index contributed by atoms with van der Waals surface area (Å²) in [7, 11) is 0. The molecule has 3 aromatic carbocycles. The van der Waals surface area contributed by atoms with E-state index in [9.17, 15) is 27.2 Å². The van der Waals surface area contributed by atoms with Crippen LogP contribution >= 0.6 is 35.1 Å². The van der Waals surface area contributed by atoms with Crippen LogP contribution in [0, 0.1) is 5.82 Å². The van der Waals surface area contributed by atoms with Gasteiger partial charge < -0.3 is 19.9 Å². The predicted octanol–water partition coefficient (Wildman–Crippen LogP) is 8.22. The largest absolute Gasteiger partial charge is 0.481 e. The van der Waals surface area contributed by atoms with Gasteiger partial charge in [0.1, 0.15) is 11.6 Å². The quantitative estimate of drug-likeness (QED) is 0.177. The molecule has 0 aromatic heterocycles. The highest BCUT2D eigenvalue weighted by atomic mass is 35.5. The molecule has 0 heterocycles. The van der Waals surface area contributed by atoms with E-state index in [2.05, 4.69) is 10.0 Å². The van der Waals surface area contributed by atoms with Gasteiger partial charge in [0.25, 0.3) is 5.91 Å². The monoisotopic (exact) mass is 604 g/mol. The lowest BCUT2D eigenvalue weighted by atomic mass is 10.1. The molecule has 0 bridgehead atoms. The minimum absolute atomic E-state index is 0.0633. The first-order valence-electron chi connectivity index (χ1n) is 11.2. The Morgan fingerprint density at radius 1 is 0.974 bits per heavy atom. The van der Waals surface area contributed by atoms with Crippen LogP contribution in [-0.4, -0.2) is 22.5 Å². The van der Waals surface area contributed by atoms with E-state index in [0.717, 1.165) is 36.2 Å².